The van der Waals surface area contributed by atoms with Crippen molar-refractivity contribution in [3.8, 4) is 6.07 Å². The summed E-state index contributed by atoms with van der Waals surface area (Å²) in [5, 5.41) is 9.55. The van der Waals surface area contributed by atoms with Crippen molar-refractivity contribution in [1.82, 2.24) is 10.9 Å². The summed E-state index contributed by atoms with van der Waals surface area (Å²) in [7, 11) is 0. The lowest BCUT2D eigenvalue weighted by molar-refractivity contribution is 0.364. The lowest BCUT2D eigenvalue weighted by Crippen LogP contribution is -2.52. The molecular formula is C17H15N3S. The first-order chi connectivity index (χ1) is 10.3. The standard InChI is InChI=1S/C17H15N3S/c18-11-14-15(12-7-3-1-4-8-12)16(19-20-17(14)21)13-9-5-2-6-10-13/h1-10,14-16,19H,(H,20,21). The molecule has 0 spiro atoms. The third-order valence-electron chi connectivity index (χ3n) is 3.83. The fourth-order valence-corrected chi connectivity index (χ4v) is 3.08. The monoisotopic (exact) mass is 293 g/mol. The SMILES string of the molecule is N#CC1C(=S)NNC(c2ccccc2)C1c1ccccc1. The smallest absolute Gasteiger partial charge is 0.108 e. The second-order valence-electron chi connectivity index (χ2n) is 5.07. The maximum atomic E-state index is 9.55. The van der Waals surface area contributed by atoms with Gasteiger partial charge >= 0.3 is 0 Å². The van der Waals surface area contributed by atoms with Crippen LogP contribution in [-0.4, -0.2) is 4.99 Å². The summed E-state index contributed by atoms with van der Waals surface area (Å²) in [5.41, 5.74) is 8.51. The fourth-order valence-electron chi connectivity index (χ4n) is 2.82. The molecule has 0 bridgehead atoms. The van der Waals surface area contributed by atoms with Gasteiger partial charge < -0.3 is 5.43 Å². The minimum atomic E-state index is -0.339. The van der Waals surface area contributed by atoms with E-state index in [2.05, 4.69) is 41.2 Å². The largest absolute Gasteiger partial charge is 0.314 e. The number of nitrogens with zero attached hydrogens (tertiary/aromatic N) is 1. The number of rotatable bonds is 2. The number of thiocarbonyl (C=S) groups is 1. The Morgan fingerprint density at radius 3 is 2.05 bits per heavy atom. The summed E-state index contributed by atoms with van der Waals surface area (Å²) >= 11 is 5.31. The van der Waals surface area contributed by atoms with Crippen molar-refractivity contribution in [3.63, 3.8) is 0 Å². The molecule has 1 aliphatic rings. The first-order valence-corrected chi connectivity index (χ1v) is 7.27. The Balaban J connectivity index is 2.06. The molecule has 0 saturated carbocycles. The van der Waals surface area contributed by atoms with Crippen LogP contribution in [0.15, 0.2) is 60.7 Å². The molecule has 1 saturated heterocycles. The molecule has 0 aromatic heterocycles. The van der Waals surface area contributed by atoms with Crippen molar-refractivity contribution < 1.29 is 0 Å². The van der Waals surface area contributed by atoms with Gasteiger partial charge in [0.15, 0.2) is 0 Å². The van der Waals surface area contributed by atoms with Gasteiger partial charge in [-0.3, -0.25) is 0 Å². The van der Waals surface area contributed by atoms with E-state index < -0.39 is 0 Å². The Morgan fingerprint density at radius 2 is 1.48 bits per heavy atom. The molecule has 0 radical (unpaired) electrons. The van der Waals surface area contributed by atoms with Gasteiger partial charge in [-0.2, -0.15) is 5.26 Å². The van der Waals surface area contributed by atoms with Gasteiger partial charge in [-0.1, -0.05) is 72.9 Å². The van der Waals surface area contributed by atoms with Crippen LogP contribution in [-0.2, 0) is 0 Å². The third kappa shape index (κ3) is 2.66. The zero-order valence-electron chi connectivity index (χ0n) is 11.4. The van der Waals surface area contributed by atoms with Gasteiger partial charge in [0.25, 0.3) is 0 Å². The molecule has 0 aliphatic carbocycles. The van der Waals surface area contributed by atoms with Crippen molar-refractivity contribution in [2.45, 2.75) is 12.0 Å². The van der Waals surface area contributed by atoms with Crippen molar-refractivity contribution >= 4 is 17.2 Å². The van der Waals surface area contributed by atoms with E-state index in [9.17, 15) is 5.26 Å². The Hall–Kier alpha value is -2.22. The van der Waals surface area contributed by atoms with E-state index in [4.69, 9.17) is 12.2 Å². The second-order valence-corrected chi connectivity index (χ2v) is 5.51. The molecule has 1 aliphatic heterocycles. The van der Waals surface area contributed by atoms with Crippen LogP contribution in [0.25, 0.3) is 0 Å². The number of hydrogen-bond donors (Lipinski definition) is 2. The lowest BCUT2D eigenvalue weighted by Gasteiger charge is -2.37. The maximum absolute atomic E-state index is 9.55. The van der Waals surface area contributed by atoms with Crippen LogP contribution in [0.2, 0.25) is 0 Å². The van der Waals surface area contributed by atoms with E-state index in [1.165, 1.54) is 0 Å². The Bertz CT molecular complexity index is 663. The summed E-state index contributed by atoms with van der Waals surface area (Å²) in [6.45, 7) is 0. The molecule has 2 aromatic rings. The molecule has 3 unspecified atom stereocenters. The minimum Gasteiger partial charge on any atom is -0.314 e. The summed E-state index contributed by atoms with van der Waals surface area (Å²) in [6.07, 6.45) is 0. The number of benzene rings is 2. The topological polar surface area (TPSA) is 47.9 Å². The molecular weight excluding hydrogens is 278 g/mol. The quantitative estimate of drug-likeness (QED) is 0.835. The minimum absolute atomic E-state index is 0.00458. The highest BCUT2D eigenvalue weighted by atomic mass is 32.1. The summed E-state index contributed by atoms with van der Waals surface area (Å²) in [6, 6.07) is 22.6. The van der Waals surface area contributed by atoms with E-state index in [-0.39, 0.29) is 17.9 Å². The normalized spacial score (nSPS) is 24.9. The van der Waals surface area contributed by atoms with Crippen LogP contribution < -0.4 is 10.9 Å². The molecule has 2 aromatic carbocycles. The van der Waals surface area contributed by atoms with Gasteiger partial charge in [0.2, 0.25) is 0 Å². The molecule has 3 atom stereocenters. The Kier molecular flexibility index (Phi) is 3.96. The second kappa shape index (κ2) is 6.04. The zero-order chi connectivity index (χ0) is 14.7. The molecule has 21 heavy (non-hydrogen) atoms. The Morgan fingerprint density at radius 1 is 0.905 bits per heavy atom. The van der Waals surface area contributed by atoms with Crippen LogP contribution in [0.1, 0.15) is 23.1 Å². The highest BCUT2D eigenvalue weighted by Gasteiger charge is 2.38. The van der Waals surface area contributed by atoms with Crippen molar-refractivity contribution in [2.24, 2.45) is 5.92 Å². The predicted octanol–water partition coefficient (Wildman–Crippen LogP) is 3.09. The number of hydrazine groups is 1. The number of hydrogen-bond acceptors (Lipinski definition) is 3. The lowest BCUT2D eigenvalue weighted by atomic mass is 9.77. The van der Waals surface area contributed by atoms with Gasteiger partial charge in [-0.15, -0.1) is 0 Å². The average molecular weight is 293 g/mol. The summed E-state index contributed by atoms with van der Waals surface area (Å²) in [4.78, 5) is 0.554. The zero-order valence-corrected chi connectivity index (χ0v) is 12.2. The molecule has 0 amide bonds. The van der Waals surface area contributed by atoms with Crippen LogP contribution in [0, 0.1) is 17.2 Å². The summed E-state index contributed by atoms with van der Waals surface area (Å²) in [5.74, 6) is -0.346. The van der Waals surface area contributed by atoms with Gasteiger partial charge in [0, 0.05) is 5.92 Å². The molecule has 3 nitrogen and oxygen atoms in total. The van der Waals surface area contributed by atoms with Crippen LogP contribution >= 0.6 is 12.2 Å². The highest BCUT2D eigenvalue weighted by Crippen LogP contribution is 2.39. The van der Waals surface area contributed by atoms with Gasteiger partial charge in [-0.05, 0) is 11.1 Å². The number of nitriles is 1. The van der Waals surface area contributed by atoms with Crippen molar-refractivity contribution in [3.05, 3.63) is 71.8 Å². The van der Waals surface area contributed by atoms with Gasteiger partial charge in [-0.25, -0.2) is 5.43 Å². The van der Waals surface area contributed by atoms with E-state index in [0.717, 1.165) is 11.1 Å². The van der Waals surface area contributed by atoms with Crippen LogP contribution in [0.3, 0.4) is 0 Å². The third-order valence-corrected chi connectivity index (χ3v) is 4.19. The first-order valence-electron chi connectivity index (χ1n) is 6.86. The maximum Gasteiger partial charge on any atom is 0.108 e. The average Bonchev–Trinajstić information content (AvgIpc) is 2.56. The molecule has 1 heterocycles. The number of nitrogens with one attached hydrogen (secondary N) is 2. The van der Waals surface area contributed by atoms with Crippen molar-refractivity contribution in [2.75, 3.05) is 0 Å². The fraction of sp³-hybridized carbons (Fsp3) is 0.176. The first kappa shape index (κ1) is 13.7. The van der Waals surface area contributed by atoms with E-state index >= 15 is 0 Å². The molecule has 2 N–H and O–H groups in total. The van der Waals surface area contributed by atoms with Gasteiger partial charge in [0.05, 0.1) is 12.1 Å². The van der Waals surface area contributed by atoms with E-state index in [0.29, 0.717) is 4.99 Å². The van der Waals surface area contributed by atoms with Gasteiger partial charge in [0.1, 0.15) is 10.9 Å². The Labute approximate surface area is 129 Å². The molecule has 3 rings (SSSR count). The molecule has 104 valence electrons. The van der Waals surface area contributed by atoms with Crippen molar-refractivity contribution in [1.29, 1.82) is 5.26 Å². The van der Waals surface area contributed by atoms with E-state index in [1.54, 1.807) is 0 Å². The van der Waals surface area contributed by atoms with E-state index in [1.807, 2.05) is 36.4 Å². The molecule has 4 heteroatoms. The summed E-state index contributed by atoms with van der Waals surface area (Å²) < 4.78 is 0. The highest BCUT2D eigenvalue weighted by molar-refractivity contribution is 7.80. The van der Waals surface area contributed by atoms with Crippen LogP contribution in [0.4, 0.5) is 0 Å². The predicted molar refractivity (Wildman–Crippen MR) is 86.3 cm³/mol. The van der Waals surface area contributed by atoms with Crippen LogP contribution in [0.5, 0.6) is 0 Å². The molecule has 1 fully saturated rings.